The minimum Gasteiger partial charge on any atom is -0.356 e. The second-order valence-electron chi connectivity index (χ2n) is 6.86. The zero-order valence-electron chi connectivity index (χ0n) is 15.6. The smallest absolute Gasteiger partial charge is 0.276 e. The highest BCUT2D eigenvalue weighted by atomic mass is 16.1. The lowest BCUT2D eigenvalue weighted by Gasteiger charge is -2.13. The Morgan fingerprint density at radius 3 is 2.57 bits per heavy atom. The van der Waals surface area contributed by atoms with Crippen molar-refractivity contribution < 1.29 is 0 Å². The van der Waals surface area contributed by atoms with E-state index in [4.69, 9.17) is 0 Å². The molecule has 0 fully saturated rings. The van der Waals surface area contributed by atoms with Crippen molar-refractivity contribution in [1.29, 1.82) is 5.26 Å². The lowest BCUT2D eigenvalue weighted by molar-refractivity contribution is 0.797. The molecular weight excluding hydrogens is 350 g/mol. The molecule has 2 N–H and O–H groups in total. The molecule has 0 saturated heterocycles. The van der Waals surface area contributed by atoms with Gasteiger partial charge in [0.15, 0.2) is 5.65 Å². The molecule has 0 unspecified atom stereocenters. The predicted octanol–water partition coefficient (Wildman–Crippen LogP) is 4.43. The van der Waals surface area contributed by atoms with E-state index in [9.17, 15) is 10.1 Å². The SMILES string of the molecule is CC(C)c1c(-c2cccc(Nc3ccccc3)c2)nc2c(C#N)c[nH]n2c1=O. The quantitative estimate of drug-likeness (QED) is 0.557. The number of rotatable bonds is 4. The Bertz CT molecular complexity index is 1250. The Morgan fingerprint density at radius 2 is 1.86 bits per heavy atom. The van der Waals surface area contributed by atoms with Crippen LogP contribution < -0.4 is 10.9 Å². The van der Waals surface area contributed by atoms with Crippen LogP contribution >= 0.6 is 0 Å². The number of nitrogens with one attached hydrogen (secondary N) is 2. The second kappa shape index (κ2) is 7.05. The second-order valence-corrected chi connectivity index (χ2v) is 6.86. The number of para-hydroxylation sites is 1. The first kappa shape index (κ1) is 17.6. The molecule has 6 heteroatoms. The number of aromatic nitrogens is 3. The molecule has 0 spiro atoms. The van der Waals surface area contributed by atoms with Crippen LogP contribution in [0.1, 0.15) is 30.9 Å². The van der Waals surface area contributed by atoms with Gasteiger partial charge in [0.25, 0.3) is 5.56 Å². The molecule has 2 heterocycles. The molecule has 6 nitrogen and oxygen atoms in total. The van der Waals surface area contributed by atoms with Crippen molar-refractivity contribution in [2.45, 2.75) is 19.8 Å². The number of benzene rings is 2. The van der Waals surface area contributed by atoms with E-state index in [1.807, 2.05) is 68.4 Å². The highest BCUT2D eigenvalue weighted by molar-refractivity contribution is 5.73. The molecule has 0 amide bonds. The zero-order chi connectivity index (χ0) is 19.7. The molecule has 0 radical (unpaired) electrons. The largest absolute Gasteiger partial charge is 0.356 e. The first-order valence-corrected chi connectivity index (χ1v) is 9.05. The average Bonchev–Trinajstić information content (AvgIpc) is 3.12. The topological polar surface area (TPSA) is 86.0 Å². The van der Waals surface area contributed by atoms with E-state index in [1.54, 1.807) is 0 Å². The molecule has 0 bridgehead atoms. The third-order valence-corrected chi connectivity index (χ3v) is 4.59. The number of hydrogen-bond acceptors (Lipinski definition) is 4. The first-order chi connectivity index (χ1) is 13.6. The highest BCUT2D eigenvalue weighted by Gasteiger charge is 2.20. The zero-order valence-corrected chi connectivity index (χ0v) is 15.6. The van der Waals surface area contributed by atoms with Crippen molar-refractivity contribution in [3.63, 3.8) is 0 Å². The van der Waals surface area contributed by atoms with Crippen LogP contribution in [0.15, 0.2) is 65.6 Å². The van der Waals surface area contributed by atoms with E-state index >= 15 is 0 Å². The van der Waals surface area contributed by atoms with Gasteiger partial charge in [-0.15, -0.1) is 0 Å². The fourth-order valence-corrected chi connectivity index (χ4v) is 3.28. The fourth-order valence-electron chi connectivity index (χ4n) is 3.28. The van der Waals surface area contributed by atoms with Crippen molar-refractivity contribution in [3.05, 3.63) is 82.3 Å². The molecule has 4 aromatic rings. The van der Waals surface area contributed by atoms with Crippen molar-refractivity contribution in [1.82, 2.24) is 14.6 Å². The minimum atomic E-state index is -0.182. The van der Waals surface area contributed by atoms with Gasteiger partial charge in [-0.1, -0.05) is 44.2 Å². The van der Waals surface area contributed by atoms with E-state index in [1.165, 1.54) is 10.7 Å². The molecular formula is C22H19N5O. The van der Waals surface area contributed by atoms with Crippen LogP contribution in [-0.2, 0) is 0 Å². The molecule has 0 aliphatic rings. The summed E-state index contributed by atoms with van der Waals surface area (Å²) in [5.41, 5.74) is 4.42. The molecule has 28 heavy (non-hydrogen) atoms. The number of hydrogen-bond donors (Lipinski definition) is 2. The van der Waals surface area contributed by atoms with Gasteiger partial charge in [-0.3, -0.25) is 9.89 Å². The maximum Gasteiger partial charge on any atom is 0.276 e. The number of aromatic amines is 1. The Labute approximate surface area is 162 Å². The number of fused-ring (bicyclic) bond motifs is 1. The maximum atomic E-state index is 13.0. The van der Waals surface area contributed by atoms with Crippen molar-refractivity contribution >= 4 is 17.0 Å². The monoisotopic (exact) mass is 369 g/mol. The summed E-state index contributed by atoms with van der Waals surface area (Å²) in [6, 6.07) is 19.7. The van der Waals surface area contributed by atoms with E-state index in [0.29, 0.717) is 22.5 Å². The molecule has 4 rings (SSSR count). The van der Waals surface area contributed by atoms with Gasteiger partial charge in [0.05, 0.1) is 5.69 Å². The molecule has 138 valence electrons. The molecule has 0 aliphatic carbocycles. The lowest BCUT2D eigenvalue weighted by Crippen LogP contribution is -2.22. The number of nitrogens with zero attached hydrogens (tertiary/aromatic N) is 3. The molecule has 0 atom stereocenters. The van der Waals surface area contributed by atoms with Gasteiger partial charge in [0.2, 0.25) is 0 Å². The van der Waals surface area contributed by atoms with E-state index in [0.717, 1.165) is 16.9 Å². The lowest BCUT2D eigenvalue weighted by atomic mass is 9.98. The van der Waals surface area contributed by atoms with E-state index < -0.39 is 0 Å². The van der Waals surface area contributed by atoms with Crippen molar-refractivity contribution in [2.24, 2.45) is 0 Å². The Balaban J connectivity index is 1.89. The van der Waals surface area contributed by atoms with Crippen molar-refractivity contribution in [3.8, 4) is 17.3 Å². The van der Waals surface area contributed by atoms with Gasteiger partial charge in [-0.25, -0.2) is 9.50 Å². The third kappa shape index (κ3) is 3.03. The molecule has 2 aromatic carbocycles. The standard InChI is InChI=1S/C22H19N5O/c1-14(2)19-20(26-21-16(12-23)13-24-27(21)22(19)28)15-7-6-10-18(11-15)25-17-8-4-3-5-9-17/h3-11,13-14,24-25H,1-2H3. The van der Waals surface area contributed by atoms with Gasteiger partial charge in [0, 0.05) is 28.7 Å². The van der Waals surface area contributed by atoms with E-state index in [2.05, 4.69) is 21.5 Å². The van der Waals surface area contributed by atoms with Gasteiger partial charge >= 0.3 is 0 Å². The number of nitriles is 1. The molecule has 0 aliphatic heterocycles. The molecule has 2 aromatic heterocycles. The average molecular weight is 369 g/mol. The summed E-state index contributed by atoms with van der Waals surface area (Å²) in [6.45, 7) is 3.93. The van der Waals surface area contributed by atoms with E-state index in [-0.39, 0.29) is 11.5 Å². The summed E-state index contributed by atoms with van der Waals surface area (Å²) in [7, 11) is 0. The Hall–Kier alpha value is -3.85. The summed E-state index contributed by atoms with van der Waals surface area (Å²) in [4.78, 5) is 17.7. The van der Waals surface area contributed by atoms with Gasteiger partial charge in [-0.2, -0.15) is 5.26 Å². The summed E-state index contributed by atoms with van der Waals surface area (Å²) < 4.78 is 1.34. The van der Waals surface area contributed by atoms with Crippen LogP contribution in [0.2, 0.25) is 0 Å². The summed E-state index contributed by atoms with van der Waals surface area (Å²) in [5, 5.41) is 15.5. The first-order valence-electron chi connectivity index (χ1n) is 9.05. The normalized spacial score (nSPS) is 10.9. The summed E-state index contributed by atoms with van der Waals surface area (Å²) >= 11 is 0. The van der Waals surface area contributed by atoms with Crippen LogP contribution in [0.4, 0.5) is 11.4 Å². The van der Waals surface area contributed by atoms with Gasteiger partial charge in [-0.05, 0) is 30.2 Å². The number of anilines is 2. The van der Waals surface area contributed by atoms with Crippen LogP contribution in [-0.4, -0.2) is 14.6 Å². The minimum absolute atomic E-state index is 0.0218. The Morgan fingerprint density at radius 1 is 1.11 bits per heavy atom. The van der Waals surface area contributed by atoms with Crippen molar-refractivity contribution in [2.75, 3.05) is 5.32 Å². The fraction of sp³-hybridized carbons (Fsp3) is 0.136. The highest BCUT2D eigenvalue weighted by Crippen LogP contribution is 2.29. The van der Waals surface area contributed by atoms with Crippen LogP contribution in [0.25, 0.3) is 16.9 Å². The van der Waals surface area contributed by atoms with Crippen LogP contribution in [0, 0.1) is 11.3 Å². The van der Waals surface area contributed by atoms with Crippen LogP contribution in [0.5, 0.6) is 0 Å². The number of H-pyrrole nitrogens is 1. The maximum absolute atomic E-state index is 13.0. The Kier molecular flexibility index (Phi) is 4.42. The summed E-state index contributed by atoms with van der Waals surface area (Å²) in [5.74, 6) is -0.0218. The molecule has 0 saturated carbocycles. The third-order valence-electron chi connectivity index (χ3n) is 4.59. The van der Waals surface area contributed by atoms with Gasteiger partial charge < -0.3 is 5.32 Å². The summed E-state index contributed by atoms with van der Waals surface area (Å²) in [6.07, 6.45) is 1.50. The van der Waals surface area contributed by atoms with Crippen LogP contribution in [0.3, 0.4) is 0 Å². The van der Waals surface area contributed by atoms with Gasteiger partial charge in [0.1, 0.15) is 11.6 Å². The predicted molar refractivity (Wildman–Crippen MR) is 110 cm³/mol.